The summed E-state index contributed by atoms with van der Waals surface area (Å²) in [5.41, 5.74) is 0.714. The number of hydrogen-bond acceptors (Lipinski definition) is 5. The maximum atomic E-state index is 11.8. The van der Waals surface area contributed by atoms with Gasteiger partial charge in [-0.05, 0) is 29.1 Å². The number of aliphatic hydroxyl groups is 1. The minimum absolute atomic E-state index is 0.0509. The highest BCUT2D eigenvalue weighted by molar-refractivity contribution is 9.10. The van der Waals surface area contributed by atoms with Crippen LogP contribution in [-0.2, 0) is 6.54 Å². The highest BCUT2D eigenvalue weighted by Gasteiger charge is 2.15. The van der Waals surface area contributed by atoms with Crippen molar-refractivity contribution in [2.45, 2.75) is 12.6 Å². The number of nitrogens with zero attached hydrogens (tertiary/aromatic N) is 2. The molecule has 0 saturated carbocycles. The lowest BCUT2D eigenvalue weighted by Crippen LogP contribution is -2.20. The fraction of sp³-hybridized carbons (Fsp3) is 0.143. The average Bonchev–Trinajstić information content (AvgIpc) is 3.10. The van der Waals surface area contributed by atoms with Crippen LogP contribution in [0, 0.1) is 0 Å². The molecule has 0 radical (unpaired) electrons. The molecule has 0 aliphatic carbocycles. The van der Waals surface area contributed by atoms with Crippen molar-refractivity contribution in [2.24, 2.45) is 0 Å². The Balaban J connectivity index is 1.82. The predicted molar refractivity (Wildman–Crippen MR) is 83.2 cm³/mol. The van der Waals surface area contributed by atoms with E-state index in [0.717, 1.165) is 14.0 Å². The maximum absolute atomic E-state index is 11.8. The third-order valence-corrected chi connectivity index (χ3v) is 4.33. The molecule has 108 valence electrons. The van der Waals surface area contributed by atoms with Crippen LogP contribution in [0.3, 0.4) is 0 Å². The van der Waals surface area contributed by atoms with Crippen LogP contribution >= 0.6 is 27.3 Å². The lowest BCUT2D eigenvalue weighted by molar-refractivity contribution is 0.148. The molecule has 0 bridgehead atoms. The average molecular weight is 367 g/mol. The van der Waals surface area contributed by atoms with Crippen LogP contribution < -0.4 is 5.76 Å². The van der Waals surface area contributed by atoms with E-state index in [1.54, 1.807) is 12.1 Å². The molecule has 3 aromatic rings. The van der Waals surface area contributed by atoms with Crippen molar-refractivity contribution in [2.75, 3.05) is 0 Å². The van der Waals surface area contributed by atoms with Gasteiger partial charge in [-0.2, -0.15) is 4.68 Å². The summed E-state index contributed by atoms with van der Waals surface area (Å²) in [6.07, 6.45) is -0.822. The Morgan fingerprint density at radius 1 is 1.33 bits per heavy atom. The molecule has 0 fully saturated rings. The fourth-order valence-corrected chi connectivity index (χ4v) is 2.78. The summed E-state index contributed by atoms with van der Waals surface area (Å²) in [5, 5.41) is 16.2. The van der Waals surface area contributed by atoms with E-state index in [1.165, 1.54) is 11.3 Å². The molecule has 0 spiro atoms. The second kappa shape index (κ2) is 5.97. The monoisotopic (exact) mass is 366 g/mol. The van der Waals surface area contributed by atoms with Gasteiger partial charge in [0, 0.05) is 4.47 Å². The Kier molecular flexibility index (Phi) is 4.05. The normalized spacial score (nSPS) is 12.5. The molecule has 7 heteroatoms. The topological polar surface area (TPSA) is 68.3 Å². The lowest BCUT2D eigenvalue weighted by Gasteiger charge is -2.09. The van der Waals surface area contributed by atoms with Crippen molar-refractivity contribution in [3.8, 4) is 10.8 Å². The second-order valence-corrected chi connectivity index (χ2v) is 6.26. The van der Waals surface area contributed by atoms with Crippen molar-refractivity contribution < 1.29 is 9.52 Å². The van der Waals surface area contributed by atoms with Crippen molar-refractivity contribution in [3.05, 3.63) is 62.4 Å². The van der Waals surface area contributed by atoms with Gasteiger partial charge >= 0.3 is 5.76 Å². The highest BCUT2D eigenvalue weighted by atomic mass is 79.9. The van der Waals surface area contributed by atoms with Gasteiger partial charge in [-0.15, -0.1) is 16.4 Å². The fourth-order valence-electron chi connectivity index (χ4n) is 1.88. The van der Waals surface area contributed by atoms with Crippen LogP contribution in [-0.4, -0.2) is 14.9 Å². The Hall–Kier alpha value is -1.70. The molecule has 21 heavy (non-hydrogen) atoms. The maximum Gasteiger partial charge on any atom is 0.437 e. The molecule has 3 rings (SSSR count). The van der Waals surface area contributed by atoms with E-state index in [0.29, 0.717) is 5.56 Å². The number of halogens is 1. The summed E-state index contributed by atoms with van der Waals surface area (Å²) in [6, 6.07) is 10.9. The zero-order chi connectivity index (χ0) is 14.8. The first-order valence-corrected chi connectivity index (χ1v) is 7.86. The molecule has 5 nitrogen and oxygen atoms in total. The second-order valence-electron chi connectivity index (χ2n) is 4.40. The summed E-state index contributed by atoms with van der Waals surface area (Å²) in [6.45, 7) is 0.0509. The van der Waals surface area contributed by atoms with Gasteiger partial charge in [0.1, 0.15) is 0 Å². The molecule has 2 heterocycles. The Morgan fingerprint density at radius 3 is 2.76 bits per heavy atom. The van der Waals surface area contributed by atoms with Crippen LogP contribution in [0.25, 0.3) is 10.8 Å². The Morgan fingerprint density at radius 2 is 2.10 bits per heavy atom. The lowest BCUT2D eigenvalue weighted by atomic mass is 10.1. The SMILES string of the molecule is O=c1oc(-c2cccs2)nn1C[C@H](O)c1ccc(Br)cc1. The van der Waals surface area contributed by atoms with E-state index in [-0.39, 0.29) is 12.4 Å². The zero-order valence-corrected chi connectivity index (χ0v) is 13.2. The minimum atomic E-state index is -0.822. The predicted octanol–water partition coefficient (Wildman–Crippen LogP) is 3.06. The van der Waals surface area contributed by atoms with Crippen LogP contribution in [0.2, 0.25) is 0 Å². The molecule has 0 saturated heterocycles. The van der Waals surface area contributed by atoms with Crippen molar-refractivity contribution in [3.63, 3.8) is 0 Å². The molecule has 2 aromatic heterocycles. The summed E-state index contributed by atoms with van der Waals surface area (Å²) in [7, 11) is 0. The largest absolute Gasteiger partial charge is 0.437 e. The van der Waals surface area contributed by atoms with Gasteiger partial charge in [0.05, 0.1) is 17.5 Å². The summed E-state index contributed by atoms with van der Waals surface area (Å²) >= 11 is 4.77. The Labute approximate surface area is 132 Å². The number of hydrogen-bond donors (Lipinski definition) is 1. The first-order valence-electron chi connectivity index (χ1n) is 6.19. The number of aliphatic hydroxyl groups excluding tert-OH is 1. The van der Waals surface area contributed by atoms with E-state index in [2.05, 4.69) is 21.0 Å². The van der Waals surface area contributed by atoms with Gasteiger partial charge in [-0.3, -0.25) is 0 Å². The molecule has 1 aromatic carbocycles. The van der Waals surface area contributed by atoms with Crippen molar-refractivity contribution in [1.29, 1.82) is 0 Å². The first-order chi connectivity index (χ1) is 10.1. The number of rotatable bonds is 4. The number of benzene rings is 1. The summed E-state index contributed by atoms with van der Waals surface area (Å²) in [4.78, 5) is 12.6. The van der Waals surface area contributed by atoms with Gasteiger partial charge < -0.3 is 9.52 Å². The van der Waals surface area contributed by atoms with Gasteiger partial charge in [-0.25, -0.2) is 4.79 Å². The van der Waals surface area contributed by atoms with E-state index in [1.807, 2.05) is 29.6 Å². The standard InChI is InChI=1S/C14H11BrN2O3S/c15-10-5-3-9(4-6-10)11(18)8-17-14(19)20-13(16-17)12-2-1-7-21-12/h1-7,11,18H,8H2/t11-/m0/s1. The van der Waals surface area contributed by atoms with Crippen molar-refractivity contribution >= 4 is 27.3 Å². The number of thiophene rings is 1. The molecule has 1 atom stereocenters. The zero-order valence-electron chi connectivity index (χ0n) is 10.8. The summed E-state index contributed by atoms with van der Waals surface area (Å²) < 4.78 is 7.17. The van der Waals surface area contributed by atoms with Gasteiger partial charge in [0.2, 0.25) is 0 Å². The third-order valence-electron chi connectivity index (χ3n) is 2.94. The molecular formula is C14H11BrN2O3S. The first kappa shape index (κ1) is 14.2. The van der Waals surface area contributed by atoms with Gasteiger partial charge in [0.15, 0.2) is 0 Å². The van der Waals surface area contributed by atoms with Crippen LogP contribution in [0.1, 0.15) is 11.7 Å². The van der Waals surface area contributed by atoms with Crippen molar-refractivity contribution in [1.82, 2.24) is 9.78 Å². The van der Waals surface area contributed by atoms with Gasteiger partial charge in [-0.1, -0.05) is 34.1 Å². The van der Waals surface area contributed by atoms with E-state index < -0.39 is 11.9 Å². The highest BCUT2D eigenvalue weighted by Crippen LogP contribution is 2.22. The van der Waals surface area contributed by atoms with E-state index >= 15 is 0 Å². The van der Waals surface area contributed by atoms with Gasteiger partial charge in [0.25, 0.3) is 5.89 Å². The molecule has 0 aliphatic rings. The van der Waals surface area contributed by atoms with Crippen LogP contribution in [0.4, 0.5) is 0 Å². The smallest absolute Gasteiger partial charge is 0.387 e. The van der Waals surface area contributed by atoms with Crippen LogP contribution in [0.5, 0.6) is 0 Å². The molecule has 0 unspecified atom stereocenters. The Bertz CT molecular complexity index is 777. The molecule has 0 amide bonds. The van der Waals surface area contributed by atoms with E-state index in [9.17, 15) is 9.90 Å². The molecule has 1 N–H and O–H groups in total. The number of aromatic nitrogens is 2. The minimum Gasteiger partial charge on any atom is -0.387 e. The van der Waals surface area contributed by atoms with E-state index in [4.69, 9.17) is 4.42 Å². The molecule has 0 aliphatic heterocycles. The quantitative estimate of drug-likeness (QED) is 0.770. The third kappa shape index (κ3) is 3.15. The van der Waals surface area contributed by atoms with Crippen LogP contribution in [0.15, 0.2) is 55.5 Å². The summed E-state index contributed by atoms with van der Waals surface area (Å²) in [5.74, 6) is -0.299. The molecular weight excluding hydrogens is 356 g/mol.